The van der Waals surface area contributed by atoms with Crippen LogP contribution in [0.4, 0.5) is 5.00 Å². The van der Waals surface area contributed by atoms with Gasteiger partial charge in [0.05, 0.1) is 23.4 Å². The zero-order valence-corrected chi connectivity index (χ0v) is 19.9. The van der Waals surface area contributed by atoms with Crippen molar-refractivity contribution in [3.63, 3.8) is 0 Å². The van der Waals surface area contributed by atoms with Crippen molar-refractivity contribution < 1.29 is 9.47 Å². The molecule has 0 saturated carbocycles. The van der Waals surface area contributed by atoms with Crippen molar-refractivity contribution in [3.8, 4) is 17.6 Å². The SMILES string of the molecule is COc1cc(C=Nc2sc3c(c2C#N)CC[C@H](C(C)(C)C)C3)cc(I)c1OC. The molecule has 0 aliphatic heterocycles. The van der Waals surface area contributed by atoms with Gasteiger partial charge in [-0.2, -0.15) is 5.26 Å². The Labute approximate surface area is 184 Å². The quantitative estimate of drug-likeness (QED) is 0.368. The first-order valence-corrected chi connectivity index (χ1v) is 11.2. The van der Waals surface area contributed by atoms with E-state index in [1.165, 1.54) is 10.4 Å². The van der Waals surface area contributed by atoms with Gasteiger partial charge in [-0.25, -0.2) is 4.99 Å². The van der Waals surface area contributed by atoms with Crippen LogP contribution in [0, 0.1) is 26.2 Å². The minimum Gasteiger partial charge on any atom is -0.493 e. The summed E-state index contributed by atoms with van der Waals surface area (Å²) in [6.07, 6.45) is 4.96. The van der Waals surface area contributed by atoms with Gasteiger partial charge in [-0.3, -0.25) is 0 Å². The van der Waals surface area contributed by atoms with Crippen LogP contribution in [0.1, 0.15) is 48.8 Å². The highest BCUT2D eigenvalue weighted by atomic mass is 127. The van der Waals surface area contributed by atoms with Crippen molar-refractivity contribution in [3.05, 3.63) is 37.3 Å². The third kappa shape index (κ3) is 4.20. The second-order valence-electron chi connectivity index (χ2n) is 8.10. The molecule has 6 heteroatoms. The van der Waals surface area contributed by atoms with Crippen molar-refractivity contribution in [2.75, 3.05) is 14.2 Å². The molecule has 0 saturated heterocycles. The Morgan fingerprint density at radius 1 is 1.29 bits per heavy atom. The fraction of sp³-hybridized carbons (Fsp3) is 0.455. The van der Waals surface area contributed by atoms with Crippen molar-refractivity contribution >= 4 is 45.1 Å². The Kier molecular flexibility index (Phi) is 6.35. The van der Waals surface area contributed by atoms with E-state index >= 15 is 0 Å². The molecule has 148 valence electrons. The highest BCUT2D eigenvalue weighted by molar-refractivity contribution is 14.1. The van der Waals surface area contributed by atoms with Crippen LogP contribution in [0.2, 0.25) is 0 Å². The van der Waals surface area contributed by atoms with Gasteiger partial charge in [-0.15, -0.1) is 11.3 Å². The number of hydrogen-bond donors (Lipinski definition) is 0. The topological polar surface area (TPSA) is 54.6 Å². The first kappa shape index (κ1) is 21.1. The normalized spacial score (nSPS) is 16.7. The second-order valence-corrected chi connectivity index (χ2v) is 10.3. The molecular weight excluding hydrogens is 483 g/mol. The largest absolute Gasteiger partial charge is 0.493 e. The number of rotatable bonds is 4. The summed E-state index contributed by atoms with van der Waals surface area (Å²) in [6, 6.07) is 6.30. The summed E-state index contributed by atoms with van der Waals surface area (Å²) in [6.45, 7) is 6.91. The van der Waals surface area contributed by atoms with Crippen LogP contribution in [-0.4, -0.2) is 20.4 Å². The number of halogens is 1. The Bertz CT molecular complexity index is 951. The molecule has 0 bridgehead atoms. The zero-order valence-electron chi connectivity index (χ0n) is 16.9. The van der Waals surface area contributed by atoms with Gasteiger partial charge in [0.25, 0.3) is 0 Å². The maximum atomic E-state index is 9.73. The van der Waals surface area contributed by atoms with Gasteiger partial charge in [-0.05, 0) is 76.4 Å². The summed E-state index contributed by atoms with van der Waals surface area (Å²) >= 11 is 3.90. The maximum Gasteiger partial charge on any atom is 0.174 e. The van der Waals surface area contributed by atoms with Crippen LogP contribution in [0.15, 0.2) is 17.1 Å². The van der Waals surface area contributed by atoms with E-state index in [-0.39, 0.29) is 5.41 Å². The van der Waals surface area contributed by atoms with Crippen molar-refractivity contribution in [2.45, 2.75) is 40.0 Å². The molecule has 28 heavy (non-hydrogen) atoms. The molecular formula is C22H25IN2O2S. The Morgan fingerprint density at radius 3 is 2.64 bits per heavy atom. The van der Waals surface area contributed by atoms with Crippen LogP contribution in [0.25, 0.3) is 0 Å². The molecule has 1 aromatic carbocycles. The maximum absolute atomic E-state index is 9.73. The number of benzene rings is 1. The Balaban J connectivity index is 1.93. The van der Waals surface area contributed by atoms with Gasteiger partial charge >= 0.3 is 0 Å². The summed E-state index contributed by atoms with van der Waals surface area (Å²) in [5.74, 6) is 2.04. The molecule has 1 aromatic heterocycles. The monoisotopic (exact) mass is 508 g/mol. The molecule has 1 atom stereocenters. The number of nitriles is 1. The number of thiophene rings is 1. The van der Waals surface area contributed by atoms with E-state index in [0.29, 0.717) is 11.7 Å². The zero-order chi connectivity index (χ0) is 20.5. The smallest absolute Gasteiger partial charge is 0.174 e. The Morgan fingerprint density at radius 2 is 2.04 bits per heavy atom. The number of ether oxygens (including phenoxy) is 2. The number of hydrogen-bond acceptors (Lipinski definition) is 5. The molecule has 0 N–H and O–H groups in total. The predicted octanol–water partition coefficient (Wildman–Crippen LogP) is 6.14. The van der Waals surface area contributed by atoms with E-state index in [9.17, 15) is 5.26 Å². The second kappa shape index (κ2) is 8.42. The third-order valence-corrected chi connectivity index (χ3v) is 7.33. The summed E-state index contributed by atoms with van der Waals surface area (Å²) in [4.78, 5) is 6.01. The molecule has 0 amide bonds. The van der Waals surface area contributed by atoms with E-state index in [2.05, 4.69) is 54.4 Å². The highest BCUT2D eigenvalue weighted by Gasteiger charge is 2.32. The lowest BCUT2D eigenvalue weighted by molar-refractivity contribution is 0.218. The molecule has 1 aliphatic rings. The van der Waals surface area contributed by atoms with Gasteiger partial charge in [0, 0.05) is 11.1 Å². The lowest BCUT2D eigenvalue weighted by Crippen LogP contribution is -2.26. The van der Waals surface area contributed by atoms with E-state index in [1.54, 1.807) is 25.6 Å². The van der Waals surface area contributed by atoms with Crippen LogP contribution in [0.5, 0.6) is 11.5 Å². The van der Waals surface area contributed by atoms with E-state index in [1.807, 2.05) is 18.3 Å². The van der Waals surface area contributed by atoms with Crippen LogP contribution in [0.3, 0.4) is 0 Å². The van der Waals surface area contributed by atoms with Gasteiger partial charge in [-0.1, -0.05) is 20.8 Å². The van der Waals surface area contributed by atoms with Gasteiger partial charge < -0.3 is 9.47 Å². The third-order valence-electron chi connectivity index (χ3n) is 5.37. The minimum absolute atomic E-state index is 0.286. The molecule has 2 aromatic rings. The Hall–Kier alpha value is -1.59. The standard InChI is InChI=1S/C22H25IN2O2S/c1-22(2,3)14-6-7-15-16(11-24)21(28-19(15)10-14)25-12-13-8-17(23)20(27-5)18(9-13)26-4/h8-9,12,14H,6-7,10H2,1-5H3/t14-/m0/s1. The number of methoxy groups -OCH3 is 2. The lowest BCUT2D eigenvalue weighted by Gasteiger charge is -2.33. The summed E-state index contributed by atoms with van der Waals surface area (Å²) in [7, 11) is 3.26. The lowest BCUT2D eigenvalue weighted by atomic mass is 9.72. The highest BCUT2D eigenvalue weighted by Crippen LogP contribution is 2.45. The van der Waals surface area contributed by atoms with Crippen LogP contribution in [-0.2, 0) is 12.8 Å². The molecule has 0 unspecified atom stereocenters. The van der Waals surface area contributed by atoms with Gasteiger partial charge in [0.15, 0.2) is 11.5 Å². The molecule has 1 aliphatic carbocycles. The first-order valence-electron chi connectivity index (χ1n) is 9.28. The fourth-order valence-electron chi connectivity index (χ4n) is 3.66. The number of nitrogens with zero attached hydrogens (tertiary/aromatic N) is 2. The molecule has 3 rings (SSSR count). The summed E-state index contributed by atoms with van der Waals surface area (Å²) in [5, 5.41) is 10.5. The van der Waals surface area contributed by atoms with E-state index in [0.717, 1.165) is 44.7 Å². The molecule has 0 fully saturated rings. The first-order chi connectivity index (χ1) is 13.3. The summed E-state index contributed by atoms with van der Waals surface area (Å²) in [5.41, 5.74) is 3.17. The summed E-state index contributed by atoms with van der Waals surface area (Å²) < 4.78 is 11.8. The van der Waals surface area contributed by atoms with E-state index < -0.39 is 0 Å². The van der Waals surface area contributed by atoms with Gasteiger partial charge in [0.1, 0.15) is 11.1 Å². The van der Waals surface area contributed by atoms with Gasteiger partial charge in [0.2, 0.25) is 0 Å². The average Bonchev–Trinajstić information content (AvgIpc) is 3.01. The molecule has 0 spiro atoms. The van der Waals surface area contributed by atoms with Crippen molar-refractivity contribution in [1.82, 2.24) is 0 Å². The predicted molar refractivity (Wildman–Crippen MR) is 124 cm³/mol. The molecule has 4 nitrogen and oxygen atoms in total. The van der Waals surface area contributed by atoms with E-state index in [4.69, 9.17) is 9.47 Å². The van der Waals surface area contributed by atoms with Crippen LogP contribution >= 0.6 is 33.9 Å². The average molecular weight is 508 g/mol. The van der Waals surface area contributed by atoms with Crippen molar-refractivity contribution in [1.29, 1.82) is 5.26 Å². The number of aliphatic imine (C=N–C) groups is 1. The fourth-order valence-corrected chi connectivity index (χ4v) is 5.73. The number of fused-ring (bicyclic) bond motifs is 1. The minimum atomic E-state index is 0.286. The van der Waals surface area contributed by atoms with Crippen LogP contribution < -0.4 is 9.47 Å². The molecule has 1 heterocycles. The van der Waals surface area contributed by atoms with Crippen molar-refractivity contribution in [2.24, 2.45) is 16.3 Å². The molecule has 0 radical (unpaired) electrons.